The van der Waals surface area contributed by atoms with E-state index in [1.165, 1.54) is 11.8 Å². The Morgan fingerprint density at radius 1 is 1.23 bits per heavy atom. The van der Waals surface area contributed by atoms with Crippen LogP contribution in [0.2, 0.25) is 0 Å². The molecule has 1 atom stereocenters. The highest BCUT2D eigenvalue weighted by atomic mass is 32.2. The van der Waals surface area contributed by atoms with Gasteiger partial charge < -0.3 is 4.90 Å². The molecule has 1 spiro atoms. The third-order valence-corrected chi connectivity index (χ3v) is 6.71. The van der Waals surface area contributed by atoms with Crippen LogP contribution in [0.15, 0.2) is 12.4 Å². The van der Waals surface area contributed by atoms with Gasteiger partial charge in [0.25, 0.3) is 0 Å². The van der Waals surface area contributed by atoms with Gasteiger partial charge in [0.2, 0.25) is 5.91 Å². The highest BCUT2D eigenvalue weighted by Gasteiger charge is 2.45. The normalized spacial score (nSPS) is 25.2. The van der Waals surface area contributed by atoms with Crippen molar-refractivity contribution in [3.63, 3.8) is 0 Å². The molecule has 1 aromatic heterocycles. The summed E-state index contributed by atoms with van der Waals surface area (Å²) in [6.45, 7) is 6.11. The summed E-state index contributed by atoms with van der Waals surface area (Å²) in [4.78, 5) is 16.7. The van der Waals surface area contributed by atoms with Gasteiger partial charge in [-0.1, -0.05) is 0 Å². The van der Waals surface area contributed by atoms with Crippen LogP contribution in [-0.2, 0) is 27.7 Å². The molecule has 26 heavy (non-hydrogen) atoms. The van der Waals surface area contributed by atoms with Crippen LogP contribution in [0.5, 0.6) is 0 Å². The third-order valence-electron chi connectivity index (χ3n) is 5.79. The van der Waals surface area contributed by atoms with E-state index in [0.29, 0.717) is 13.0 Å². The van der Waals surface area contributed by atoms with Crippen LogP contribution >= 0.6 is 0 Å². The maximum atomic E-state index is 12.4. The van der Waals surface area contributed by atoms with Crippen LogP contribution in [-0.4, -0.2) is 71.1 Å². The van der Waals surface area contributed by atoms with Gasteiger partial charge in [-0.2, -0.15) is 5.10 Å². The average molecular weight is 383 g/mol. The molecular formula is C18H30N4O3S. The molecule has 3 heterocycles. The first kappa shape index (κ1) is 19.4. The SMILES string of the molecule is CCn1cc(CN2CCC[C@]3(CCC(=O)N3CCS(C)(=O)=O)CC2)cn1. The first-order valence-corrected chi connectivity index (χ1v) is 11.6. The molecule has 0 saturated carbocycles. The lowest BCUT2D eigenvalue weighted by Gasteiger charge is -2.38. The number of rotatable bonds is 6. The molecule has 0 unspecified atom stereocenters. The van der Waals surface area contributed by atoms with Gasteiger partial charge in [0, 0.05) is 56.2 Å². The van der Waals surface area contributed by atoms with Crippen molar-refractivity contribution in [3.8, 4) is 0 Å². The van der Waals surface area contributed by atoms with E-state index in [-0.39, 0.29) is 17.2 Å². The van der Waals surface area contributed by atoms with Crippen LogP contribution in [0, 0.1) is 0 Å². The van der Waals surface area contributed by atoms with Crippen LogP contribution in [0.25, 0.3) is 0 Å². The fourth-order valence-electron chi connectivity index (χ4n) is 4.33. The van der Waals surface area contributed by atoms with E-state index in [1.807, 2.05) is 15.8 Å². The van der Waals surface area contributed by atoms with Gasteiger partial charge in [0.1, 0.15) is 9.84 Å². The Morgan fingerprint density at radius 3 is 2.73 bits per heavy atom. The number of likely N-dealkylation sites (tertiary alicyclic amines) is 2. The molecular weight excluding hydrogens is 352 g/mol. The lowest BCUT2D eigenvalue weighted by atomic mass is 9.88. The fourth-order valence-corrected chi connectivity index (χ4v) is 4.84. The summed E-state index contributed by atoms with van der Waals surface area (Å²) in [5.41, 5.74) is 1.07. The molecule has 0 bridgehead atoms. The number of aryl methyl sites for hydroxylation is 1. The Morgan fingerprint density at radius 2 is 2.04 bits per heavy atom. The van der Waals surface area contributed by atoms with Crippen molar-refractivity contribution < 1.29 is 13.2 Å². The standard InChI is InChI=1S/C18H30N4O3S/c1-3-21-15-16(13-19-21)14-20-9-4-6-18(8-10-20)7-5-17(23)22(18)11-12-26(2,24)25/h13,15H,3-12,14H2,1-2H3/t18-/m0/s1. The second-order valence-electron chi connectivity index (χ2n) is 7.73. The first-order valence-electron chi connectivity index (χ1n) is 9.53. The summed E-state index contributed by atoms with van der Waals surface area (Å²) in [6.07, 6.45) is 9.60. The Hall–Kier alpha value is -1.41. The van der Waals surface area contributed by atoms with Gasteiger partial charge in [-0.3, -0.25) is 14.4 Å². The third kappa shape index (κ3) is 4.46. The van der Waals surface area contributed by atoms with Crippen molar-refractivity contribution in [2.45, 2.75) is 57.7 Å². The highest BCUT2D eigenvalue weighted by Crippen LogP contribution is 2.39. The molecule has 2 aliphatic rings. The Kier molecular flexibility index (Phi) is 5.72. The van der Waals surface area contributed by atoms with E-state index in [4.69, 9.17) is 0 Å². The summed E-state index contributed by atoms with van der Waals surface area (Å²) in [6, 6.07) is 0. The Labute approximate surface area is 156 Å². The van der Waals surface area contributed by atoms with E-state index >= 15 is 0 Å². The van der Waals surface area contributed by atoms with Crippen LogP contribution < -0.4 is 0 Å². The van der Waals surface area contributed by atoms with Gasteiger partial charge >= 0.3 is 0 Å². The maximum Gasteiger partial charge on any atom is 0.223 e. The minimum absolute atomic E-state index is 0.0560. The molecule has 146 valence electrons. The monoisotopic (exact) mass is 382 g/mol. The molecule has 2 aliphatic heterocycles. The number of carbonyl (C=O) groups excluding carboxylic acids is 1. The van der Waals surface area contributed by atoms with E-state index in [2.05, 4.69) is 23.1 Å². The van der Waals surface area contributed by atoms with E-state index in [0.717, 1.165) is 51.9 Å². The van der Waals surface area contributed by atoms with Gasteiger partial charge in [-0.05, 0) is 39.2 Å². The largest absolute Gasteiger partial charge is 0.336 e. The van der Waals surface area contributed by atoms with Crippen molar-refractivity contribution in [1.82, 2.24) is 19.6 Å². The summed E-state index contributed by atoms with van der Waals surface area (Å²) >= 11 is 0. The number of hydrogen-bond donors (Lipinski definition) is 0. The topological polar surface area (TPSA) is 75.5 Å². The summed E-state index contributed by atoms with van der Waals surface area (Å²) in [7, 11) is -3.06. The molecule has 1 aromatic rings. The van der Waals surface area contributed by atoms with Crippen LogP contribution in [0.1, 0.15) is 44.6 Å². The van der Waals surface area contributed by atoms with E-state index in [1.54, 1.807) is 0 Å². The van der Waals surface area contributed by atoms with Crippen molar-refractivity contribution in [2.24, 2.45) is 0 Å². The number of sulfone groups is 1. The zero-order valence-corrected chi connectivity index (χ0v) is 16.7. The zero-order chi connectivity index (χ0) is 18.8. The number of amides is 1. The first-order chi connectivity index (χ1) is 12.3. The second kappa shape index (κ2) is 7.68. The summed E-state index contributed by atoms with van der Waals surface area (Å²) in [5.74, 6) is 0.173. The number of aromatic nitrogens is 2. The quantitative estimate of drug-likeness (QED) is 0.741. The van der Waals surface area contributed by atoms with Crippen LogP contribution in [0.4, 0.5) is 0 Å². The molecule has 3 rings (SSSR count). The van der Waals surface area contributed by atoms with Gasteiger partial charge in [0.15, 0.2) is 0 Å². The Balaban J connectivity index is 1.64. The lowest BCUT2D eigenvalue weighted by Crippen LogP contribution is -2.48. The number of carbonyl (C=O) groups is 1. The number of nitrogens with zero attached hydrogens (tertiary/aromatic N) is 4. The number of hydrogen-bond acceptors (Lipinski definition) is 5. The van der Waals surface area contributed by atoms with Crippen molar-refractivity contribution in [2.75, 3.05) is 31.6 Å². The molecule has 8 heteroatoms. The molecule has 0 radical (unpaired) electrons. The maximum absolute atomic E-state index is 12.4. The molecule has 0 aromatic carbocycles. The lowest BCUT2D eigenvalue weighted by molar-refractivity contribution is -0.131. The minimum Gasteiger partial charge on any atom is -0.336 e. The Bertz CT molecular complexity index is 745. The molecule has 0 aliphatic carbocycles. The average Bonchev–Trinajstić information content (AvgIpc) is 3.08. The van der Waals surface area contributed by atoms with Crippen molar-refractivity contribution in [1.29, 1.82) is 0 Å². The highest BCUT2D eigenvalue weighted by molar-refractivity contribution is 7.90. The molecule has 1 amide bonds. The van der Waals surface area contributed by atoms with E-state index in [9.17, 15) is 13.2 Å². The smallest absolute Gasteiger partial charge is 0.223 e. The summed E-state index contributed by atoms with van der Waals surface area (Å²) in [5, 5.41) is 4.34. The minimum atomic E-state index is -3.06. The molecule has 2 saturated heterocycles. The molecule has 0 N–H and O–H groups in total. The fraction of sp³-hybridized carbons (Fsp3) is 0.778. The van der Waals surface area contributed by atoms with Crippen LogP contribution in [0.3, 0.4) is 0 Å². The van der Waals surface area contributed by atoms with Crippen molar-refractivity contribution >= 4 is 15.7 Å². The van der Waals surface area contributed by atoms with Gasteiger partial charge in [-0.25, -0.2) is 8.42 Å². The zero-order valence-electron chi connectivity index (χ0n) is 15.9. The summed E-state index contributed by atoms with van der Waals surface area (Å²) < 4.78 is 25.1. The van der Waals surface area contributed by atoms with Gasteiger partial charge in [0.05, 0.1) is 11.9 Å². The predicted octanol–water partition coefficient (Wildman–Crippen LogP) is 1.29. The predicted molar refractivity (Wildman–Crippen MR) is 100 cm³/mol. The molecule has 7 nitrogen and oxygen atoms in total. The van der Waals surface area contributed by atoms with Crippen molar-refractivity contribution in [3.05, 3.63) is 18.0 Å². The molecule has 2 fully saturated rings. The van der Waals surface area contributed by atoms with E-state index < -0.39 is 9.84 Å². The van der Waals surface area contributed by atoms with Gasteiger partial charge in [-0.15, -0.1) is 0 Å². The second-order valence-corrected chi connectivity index (χ2v) is 9.99.